The van der Waals surface area contributed by atoms with E-state index in [-0.39, 0.29) is 11.0 Å². The molecule has 0 amide bonds. The molecule has 0 spiro atoms. The predicted octanol–water partition coefficient (Wildman–Crippen LogP) is 3.28. The zero-order valence-electron chi connectivity index (χ0n) is 10.1. The van der Waals surface area contributed by atoms with Crippen LogP contribution >= 0.6 is 11.8 Å². The highest BCUT2D eigenvalue weighted by Crippen LogP contribution is 2.42. The van der Waals surface area contributed by atoms with Crippen LogP contribution in [0.4, 0.5) is 0 Å². The molecule has 1 saturated heterocycles. The summed E-state index contributed by atoms with van der Waals surface area (Å²) in [6.07, 6.45) is 2.11. The highest BCUT2D eigenvalue weighted by molar-refractivity contribution is 8.00. The Balaban J connectivity index is 2.78. The first-order valence-electron chi connectivity index (χ1n) is 5.35. The molecule has 1 nitrogen and oxygen atoms in total. The summed E-state index contributed by atoms with van der Waals surface area (Å²) in [7, 11) is 0. The molecule has 2 atom stereocenters. The minimum absolute atomic E-state index is 0.193. The maximum Gasteiger partial charge on any atom is 0.0628 e. The van der Waals surface area contributed by atoms with Crippen LogP contribution in [0.1, 0.15) is 34.6 Å². The standard InChI is InChI=1S/C12H23NS/c1-7-12(6,9(2)3)10-13-11(4,5)8-14-10/h7,9-10,13H,1,8H2,2-6H3. The number of hydrogen-bond donors (Lipinski definition) is 1. The molecule has 1 aliphatic heterocycles. The topological polar surface area (TPSA) is 12.0 Å². The van der Waals surface area contributed by atoms with Gasteiger partial charge >= 0.3 is 0 Å². The van der Waals surface area contributed by atoms with E-state index in [2.05, 4.69) is 52.6 Å². The molecule has 82 valence electrons. The normalized spacial score (nSPS) is 30.3. The fraction of sp³-hybridized carbons (Fsp3) is 0.833. The molecular weight excluding hydrogens is 190 g/mol. The summed E-state index contributed by atoms with van der Waals surface area (Å²) in [5.41, 5.74) is 0.465. The van der Waals surface area contributed by atoms with Crippen LogP contribution in [0.15, 0.2) is 12.7 Å². The Morgan fingerprint density at radius 3 is 2.43 bits per heavy atom. The van der Waals surface area contributed by atoms with Crippen LogP contribution in [0.25, 0.3) is 0 Å². The molecule has 2 unspecified atom stereocenters. The zero-order valence-corrected chi connectivity index (χ0v) is 10.9. The second-order valence-electron chi connectivity index (χ2n) is 5.44. The average Bonchev–Trinajstić information content (AvgIpc) is 2.44. The Kier molecular flexibility index (Phi) is 3.37. The summed E-state index contributed by atoms with van der Waals surface area (Å²) >= 11 is 2.03. The molecule has 0 saturated carbocycles. The Morgan fingerprint density at radius 2 is 2.14 bits per heavy atom. The zero-order chi connectivity index (χ0) is 11.0. The number of thioether (sulfide) groups is 1. The van der Waals surface area contributed by atoms with E-state index in [1.807, 2.05) is 11.8 Å². The van der Waals surface area contributed by atoms with Gasteiger partial charge in [-0.3, -0.25) is 5.32 Å². The van der Waals surface area contributed by atoms with Gasteiger partial charge in [-0.1, -0.05) is 26.8 Å². The molecule has 1 fully saturated rings. The van der Waals surface area contributed by atoms with Gasteiger partial charge in [-0.2, -0.15) is 0 Å². The predicted molar refractivity (Wildman–Crippen MR) is 66.6 cm³/mol. The van der Waals surface area contributed by atoms with E-state index in [0.29, 0.717) is 11.3 Å². The molecule has 0 aliphatic carbocycles. The molecule has 2 heteroatoms. The van der Waals surface area contributed by atoms with Crippen LogP contribution in [0, 0.1) is 11.3 Å². The van der Waals surface area contributed by atoms with E-state index in [1.54, 1.807) is 0 Å². The minimum atomic E-state index is 0.193. The summed E-state index contributed by atoms with van der Waals surface area (Å²) in [6, 6.07) is 0. The van der Waals surface area contributed by atoms with Gasteiger partial charge in [0.05, 0.1) is 5.37 Å². The molecule has 0 aromatic heterocycles. The van der Waals surface area contributed by atoms with Crippen molar-refractivity contribution in [2.24, 2.45) is 11.3 Å². The maximum atomic E-state index is 3.99. The van der Waals surface area contributed by atoms with Crippen molar-refractivity contribution >= 4 is 11.8 Å². The van der Waals surface area contributed by atoms with Crippen molar-refractivity contribution in [1.29, 1.82) is 0 Å². The highest BCUT2D eigenvalue weighted by atomic mass is 32.2. The molecule has 1 heterocycles. The third-order valence-corrected chi connectivity index (χ3v) is 5.23. The van der Waals surface area contributed by atoms with Gasteiger partial charge in [0.2, 0.25) is 0 Å². The van der Waals surface area contributed by atoms with Crippen LogP contribution in [0.3, 0.4) is 0 Å². The molecule has 1 aliphatic rings. The van der Waals surface area contributed by atoms with Crippen molar-refractivity contribution < 1.29 is 0 Å². The first-order chi connectivity index (χ1) is 6.32. The molecule has 0 radical (unpaired) electrons. The van der Waals surface area contributed by atoms with Crippen LogP contribution in [-0.2, 0) is 0 Å². The molecule has 0 bridgehead atoms. The highest BCUT2D eigenvalue weighted by Gasteiger charge is 2.42. The lowest BCUT2D eigenvalue weighted by atomic mass is 9.78. The average molecular weight is 213 g/mol. The van der Waals surface area contributed by atoms with E-state index in [0.717, 1.165) is 0 Å². The monoisotopic (exact) mass is 213 g/mol. The first-order valence-corrected chi connectivity index (χ1v) is 6.39. The molecule has 14 heavy (non-hydrogen) atoms. The summed E-state index contributed by atoms with van der Waals surface area (Å²) in [5, 5.41) is 4.20. The van der Waals surface area contributed by atoms with Crippen LogP contribution in [0.5, 0.6) is 0 Å². The lowest BCUT2D eigenvalue weighted by molar-refractivity contribution is 0.243. The summed E-state index contributed by atoms with van der Waals surface area (Å²) in [4.78, 5) is 0. The summed E-state index contributed by atoms with van der Waals surface area (Å²) < 4.78 is 0. The lowest BCUT2D eigenvalue weighted by Crippen LogP contribution is -2.47. The molecule has 0 aromatic carbocycles. The van der Waals surface area contributed by atoms with E-state index in [4.69, 9.17) is 0 Å². The minimum Gasteiger partial charge on any atom is -0.299 e. The van der Waals surface area contributed by atoms with Crippen molar-refractivity contribution in [3.63, 3.8) is 0 Å². The SMILES string of the molecule is C=CC(C)(C(C)C)C1NC(C)(C)CS1. The van der Waals surface area contributed by atoms with E-state index in [9.17, 15) is 0 Å². The molecule has 1 N–H and O–H groups in total. The van der Waals surface area contributed by atoms with Gasteiger partial charge in [0, 0.05) is 16.7 Å². The summed E-state index contributed by atoms with van der Waals surface area (Å²) in [5.74, 6) is 1.81. The van der Waals surface area contributed by atoms with E-state index < -0.39 is 0 Å². The van der Waals surface area contributed by atoms with Gasteiger partial charge in [-0.15, -0.1) is 18.3 Å². The van der Waals surface area contributed by atoms with E-state index >= 15 is 0 Å². The smallest absolute Gasteiger partial charge is 0.0628 e. The maximum absolute atomic E-state index is 3.99. The van der Waals surface area contributed by atoms with Crippen molar-refractivity contribution in [3.8, 4) is 0 Å². The Morgan fingerprint density at radius 1 is 1.57 bits per heavy atom. The van der Waals surface area contributed by atoms with Gasteiger partial charge in [0.25, 0.3) is 0 Å². The Bertz CT molecular complexity index is 222. The fourth-order valence-electron chi connectivity index (χ4n) is 1.71. The van der Waals surface area contributed by atoms with Gasteiger partial charge < -0.3 is 0 Å². The van der Waals surface area contributed by atoms with Gasteiger partial charge in [-0.05, 0) is 19.8 Å². The van der Waals surface area contributed by atoms with Crippen LogP contribution in [-0.4, -0.2) is 16.7 Å². The second kappa shape index (κ2) is 3.90. The fourth-order valence-corrected chi connectivity index (χ4v) is 3.51. The Hall–Kier alpha value is 0.0500. The van der Waals surface area contributed by atoms with Crippen LogP contribution < -0.4 is 5.32 Å². The molecule has 1 rings (SSSR count). The van der Waals surface area contributed by atoms with Crippen LogP contribution in [0.2, 0.25) is 0 Å². The molecular formula is C12H23NS. The number of hydrogen-bond acceptors (Lipinski definition) is 2. The van der Waals surface area contributed by atoms with Gasteiger partial charge in [-0.25, -0.2) is 0 Å². The number of rotatable bonds is 3. The Labute approximate surface area is 92.7 Å². The van der Waals surface area contributed by atoms with Crippen molar-refractivity contribution in [2.75, 3.05) is 5.75 Å². The van der Waals surface area contributed by atoms with Gasteiger partial charge in [0.1, 0.15) is 0 Å². The molecule has 0 aromatic rings. The lowest BCUT2D eigenvalue weighted by Gasteiger charge is -2.37. The third-order valence-electron chi connectivity index (χ3n) is 3.38. The van der Waals surface area contributed by atoms with Gasteiger partial charge in [0.15, 0.2) is 0 Å². The third kappa shape index (κ3) is 2.17. The largest absolute Gasteiger partial charge is 0.299 e. The van der Waals surface area contributed by atoms with E-state index in [1.165, 1.54) is 5.75 Å². The van der Waals surface area contributed by atoms with Crippen molar-refractivity contribution in [1.82, 2.24) is 5.32 Å². The van der Waals surface area contributed by atoms with Crippen molar-refractivity contribution in [2.45, 2.75) is 45.5 Å². The summed E-state index contributed by atoms with van der Waals surface area (Å²) in [6.45, 7) is 15.4. The quantitative estimate of drug-likeness (QED) is 0.722. The second-order valence-corrected chi connectivity index (χ2v) is 6.54. The number of nitrogens with one attached hydrogen (secondary N) is 1. The first kappa shape index (κ1) is 12.1. The van der Waals surface area contributed by atoms with Crippen molar-refractivity contribution in [3.05, 3.63) is 12.7 Å².